The Bertz CT molecular complexity index is 367. The number of benzene rings is 1. The molecule has 2 nitrogen and oxygen atoms in total. The Labute approximate surface area is 102 Å². The van der Waals surface area contributed by atoms with Gasteiger partial charge in [0.15, 0.2) is 0 Å². The third kappa shape index (κ3) is 3.05. The zero-order valence-corrected chi connectivity index (χ0v) is 10.3. The van der Waals surface area contributed by atoms with Crippen molar-refractivity contribution in [2.24, 2.45) is 0 Å². The van der Waals surface area contributed by atoms with E-state index in [1.807, 2.05) is 19.1 Å². The molecule has 1 aromatic rings. The molecule has 1 saturated heterocycles. The molecular formula is C14H20FNO. The van der Waals surface area contributed by atoms with Crippen LogP contribution >= 0.6 is 0 Å². The first-order valence-electron chi connectivity index (χ1n) is 6.34. The Balaban J connectivity index is 2.08. The molecule has 0 amide bonds. The number of hydrogen-bond donors (Lipinski definition) is 1. The van der Waals surface area contributed by atoms with E-state index in [9.17, 15) is 9.50 Å². The fourth-order valence-corrected chi connectivity index (χ4v) is 2.60. The van der Waals surface area contributed by atoms with Crippen LogP contribution in [-0.2, 0) is 6.54 Å². The molecule has 1 aromatic carbocycles. The number of nitrogens with zero attached hydrogens (tertiary/aromatic N) is 1. The maximum atomic E-state index is 13.6. The highest BCUT2D eigenvalue weighted by Crippen LogP contribution is 2.22. The lowest BCUT2D eigenvalue weighted by Crippen LogP contribution is -2.45. The normalized spacial score (nSPS) is 23.6. The molecule has 94 valence electrons. The number of aliphatic hydroxyl groups excluding tert-OH is 1. The number of likely N-dealkylation sites (tertiary alicyclic amines) is 1. The van der Waals surface area contributed by atoms with Gasteiger partial charge in [0.2, 0.25) is 0 Å². The summed E-state index contributed by atoms with van der Waals surface area (Å²) in [4.78, 5) is 2.20. The van der Waals surface area contributed by atoms with Crippen LogP contribution in [-0.4, -0.2) is 28.7 Å². The molecule has 3 heteroatoms. The standard InChI is InChI=1S/C14H20FNO/c1-11(17)14-8-4-5-9-16(14)10-12-6-2-3-7-13(12)15/h2-3,6-7,11,14,17H,4-5,8-10H2,1H3. The average Bonchev–Trinajstić information content (AvgIpc) is 2.32. The van der Waals surface area contributed by atoms with Gasteiger partial charge < -0.3 is 5.11 Å². The molecule has 1 heterocycles. The van der Waals surface area contributed by atoms with Crippen LogP contribution in [0.2, 0.25) is 0 Å². The smallest absolute Gasteiger partial charge is 0.127 e. The van der Waals surface area contributed by atoms with Crippen molar-refractivity contribution in [3.63, 3.8) is 0 Å². The van der Waals surface area contributed by atoms with E-state index < -0.39 is 0 Å². The van der Waals surface area contributed by atoms with Crippen molar-refractivity contribution in [1.29, 1.82) is 0 Å². The minimum atomic E-state index is -0.345. The van der Waals surface area contributed by atoms with Gasteiger partial charge in [-0.25, -0.2) is 4.39 Å². The molecule has 0 spiro atoms. The van der Waals surface area contributed by atoms with Crippen LogP contribution in [0.1, 0.15) is 31.7 Å². The fraction of sp³-hybridized carbons (Fsp3) is 0.571. The number of piperidine rings is 1. The first kappa shape index (κ1) is 12.5. The van der Waals surface area contributed by atoms with E-state index in [1.165, 1.54) is 6.07 Å². The lowest BCUT2D eigenvalue weighted by molar-refractivity contribution is 0.0311. The van der Waals surface area contributed by atoms with Gasteiger partial charge >= 0.3 is 0 Å². The van der Waals surface area contributed by atoms with Gasteiger partial charge in [0.1, 0.15) is 5.82 Å². The van der Waals surface area contributed by atoms with Gasteiger partial charge in [-0.05, 0) is 32.4 Å². The molecule has 0 aromatic heterocycles. The third-order valence-corrected chi connectivity index (χ3v) is 3.55. The molecule has 2 unspecified atom stereocenters. The summed E-state index contributed by atoms with van der Waals surface area (Å²) in [6.07, 6.45) is 2.95. The van der Waals surface area contributed by atoms with Crippen LogP contribution in [0.25, 0.3) is 0 Å². The van der Waals surface area contributed by atoms with Crippen LogP contribution in [0.15, 0.2) is 24.3 Å². The predicted octanol–water partition coefficient (Wildman–Crippen LogP) is 2.56. The zero-order valence-electron chi connectivity index (χ0n) is 10.3. The largest absolute Gasteiger partial charge is 0.392 e. The monoisotopic (exact) mass is 237 g/mol. The Morgan fingerprint density at radius 1 is 1.41 bits per heavy atom. The van der Waals surface area contributed by atoms with Crippen molar-refractivity contribution in [3.8, 4) is 0 Å². The molecule has 0 bridgehead atoms. The summed E-state index contributed by atoms with van der Waals surface area (Å²) in [6.45, 7) is 3.37. The fourth-order valence-electron chi connectivity index (χ4n) is 2.60. The Morgan fingerprint density at radius 2 is 2.18 bits per heavy atom. The summed E-state index contributed by atoms with van der Waals surface area (Å²) >= 11 is 0. The van der Waals surface area contributed by atoms with E-state index in [1.54, 1.807) is 6.07 Å². The summed E-state index contributed by atoms with van der Waals surface area (Å²) in [5.41, 5.74) is 0.722. The Morgan fingerprint density at radius 3 is 2.88 bits per heavy atom. The molecule has 0 radical (unpaired) electrons. The van der Waals surface area contributed by atoms with E-state index in [0.717, 1.165) is 31.4 Å². The van der Waals surface area contributed by atoms with Crippen molar-refractivity contribution < 1.29 is 9.50 Å². The molecule has 17 heavy (non-hydrogen) atoms. The quantitative estimate of drug-likeness (QED) is 0.873. The minimum Gasteiger partial charge on any atom is -0.392 e. The van der Waals surface area contributed by atoms with E-state index in [4.69, 9.17) is 0 Å². The van der Waals surface area contributed by atoms with Gasteiger partial charge in [0.25, 0.3) is 0 Å². The van der Waals surface area contributed by atoms with Gasteiger partial charge in [0.05, 0.1) is 6.10 Å². The van der Waals surface area contributed by atoms with E-state index in [2.05, 4.69) is 4.90 Å². The summed E-state index contributed by atoms with van der Waals surface area (Å²) in [5.74, 6) is -0.151. The van der Waals surface area contributed by atoms with Crippen LogP contribution in [0.3, 0.4) is 0 Å². The maximum absolute atomic E-state index is 13.6. The third-order valence-electron chi connectivity index (χ3n) is 3.55. The average molecular weight is 237 g/mol. The Kier molecular flexibility index (Phi) is 4.13. The van der Waals surface area contributed by atoms with Crippen molar-refractivity contribution in [3.05, 3.63) is 35.6 Å². The Hall–Kier alpha value is -0.930. The molecule has 2 rings (SSSR count). The molecule has 1 aliphatic rings. The highest BCUT2D eigenvalue weighted by atomic mass is 19.1. The van der Waals surface area contributed by atoms with Crippen molar-refractivity contribution in [1.82, 2.24) is 4.90 Å². The molecule has 1 fully saturated rings. The second-order valence-electron chi connectivity index (χ2n) is 4.87. The van der Waals surface area contributed by atoms with E-state index in [0.29, 0.717) is 6.54 Å². The summed E-state index contributed by atoms with van der Waals surface area (Å²) in [7, 11) is 0. The van der Waals surface area contributed by atoms with Gasteiger partial charge in [0, 0.05) is 18.2 Å². The van der Waals surface area contributed by atoms with Crippen LogP contribution in [0.5, 0.6) is 0 Å². The zero-order chi connectivity index (χ0) is 12.3. The number of aliphatic hydroxyl groups is 1. The molecule has 1 aliphatic heterocycles. The molecule has 1 N–H and O–H groups in total. The molecule has 0 saturated carbocycles. The highest BCUT2D eigenvalue weighted by molar-refractivity contribution is 5.17. The first-order chi connectivity index (χ1) is 8.18. The summed E-state index contributed by atoms with van der Waals surface area (Å²) in [5, 5.41) is 9.76. The van der Waals surface area contributed by atoms with Crippen molar-refractivity contribution in [2.75, 3.05) is 6.54 Å². The lowest BCUT2D eigenvalue weighted by atomic mass is 9.97. The molecular weight excluding hydrogens is 217 g/mol. The van der Waals surface area contributed by atoms with Gasteiger partial charge in [-0.1, -0.05) is 24.6 Å². The van der Waals surface area contributed by atoms with Crippen LogP contribution in [0, 0.1) is 5.82 Å². The predicted molar refractivity (Wildman–Crippen MR) is 66.1 cm³/mol. The SMILES string of the molecule is CC(O)C1CCCCN1Cc1ccccc1F. The molecule has 2 atom stereocenters. The van der Waals surface area contributed by atoms with E-state index in [-0.39, 0.29) is 18.0 Å². The topological polar surface area (TPSA) is 23.5 Å². The van der Waals surface area contributed by atoms with Gasteiger partial charge in [-0.2, -0.15) is 0 Å². The van der Waals surface area contributed by atoms with Gasteiger partial charge in [-0.15, -0.1) is 0 Å². The summed E-state index contributed by atoms with van der Waals surface area (Å²) < 4.78 is 13.6. The number of rotatable bonds is 3. The van der Waals surface area contributed by atoms with Crippen molar-refractivity contribution >= 4 is 0 Å². The van der Waals surface area contributed by atoms with E-state index >= 15 is 0 Å². The maximum Gasteiger partial charge on any atom is 0.127 e. The van der Waals surface area contributed by atoms with Crippen molar-refractivity contribution in [2.45, 2.75) is 44.9 Å². The first-order valence-corrected chi connectivity index (χ1v) is 6.34. The lowest BCUT2D eigenvalue weighted by Gasteiger charge is -2.37. The second-order valence-corrected chi connectivity index (χ2v) is 4.87. The highest BCUT2D eigenvalue weighted by Gasteiger charge is 2.26. The van der Waals surface area contributed by atoms with Crippen LogP contribution < -0.4 is 0 Å². The number of hydrogen-bond acceptors (Lipinski definition) is 2. The number of halogens is 1. The van der Waals surface area contributed by atoms with Gasteiger partial charge in [-0.3, -0.25) is 4.90 Å². The minimum absolute atomic E-state index is 0.151. The summed E-state index contributed by atoms with van der Waals surface area (Å²) in [6, 6.07) is 7.06. The molecule has 0 aliphatic carbocycles. The van der Waals surface area contributed by atoms with Crippen LogP contribution in [0.4, 0.5) is 4.39 Å². The second kappa shape index (κ2) is 5.61.